The zero-order valence-electron chi connectivity index (χ0n) is 25.2. The molecule has 236 valence electrons. The summed E-state index contributed by atoms with van der Waals surface area (Å²) in [5, 5.41) is 15.1. The molecule has 0 spiro atoms. The van der Waals surface area contributed by atoms with E-state index in [1.165, 1.54) is 30.5 Å². The molecule has 4 aliphatic rings. The molecule has 1 unspecified atom stereocenters. The van der Waals surface area contributed by atoms with Crippen LogP contribution in [0.1, 0.15) is 44.1 Å². The van der Waals surface area contributed by atoms with Crippen LogP contribution < -0.4 is 15.0 Å². The summed E-state index contributed by atoms with van der Waals surface area (Å²) in [7, 11) is 0. The number of fused-ring (bicyclic) bond motifs is 5. The van der Waals surface area contributed by atoms with Crippen LogP contribution >= 0.6 is 0 Å². The Morgan fingerprint density at radius 1 is 1.15 bits per heavy atom. The van der Waals surface area contributed by atoms with Gasteiger partial charge in [-0.2, -0.15) is 9.97 Å². The van der Waals surface area contributed by atoms with Crippen molar-refractivity contribution in [3.8, 4) is 35.4 Å². The number of phenols is 1. The highest BCUT2D eigenvalue weighted by Gasteiger charge is 2.46. The van der Waals surface area contributed by atoms with E-state index in [0.717, 1.165) is 51.6 Å². The molecule has 2 aromatic carbocycles. The zero-order valence-corrected chi connectivity index (χ0v) is 25.2. The molecular weight excluding hydrogens is 593 g/mol. The van der Waals surface area contributed by atoms with Gasteiger partial charge in [0.25, 0.3) is 0 Å². The second-order valence-electron chi connectivity index (χ2n) is 13.1. The van der Waals surface area contributed by atoms with E-state index in [1.807, 2.05) is 4.90 Å². The van der Waals surface area contributed by atoms with Crippen LogP contribution in [0.15, 0.2) is 42.9 Å². The van der Waals surface area contributed by atoms with Crippen LogP contribution in [0, 0.1) is 24.0 Å². The fourth-order valence-corrected chi connectivity index (χ4v) is 8.31. The molecule has 0 aliphatic carbocycles. The first-order chi connectivity index (χ1) is 22.3. The third-order valence-corrected chi connectivity index (χ3v) is 10.4. The molecule has 4 saturated heterocycles. The molecule has 2 N–H and O–H groups in total. The number of aromatic nitrogens is 3. The van der Waals surface area contributed by atoms with Crippen molar-refractivity contribution in [1.82, 2.24) is 25.2 Å². The van der Waals surface area contributed by atoms with Crippen molar-refractivity contribution in [3.05, 3.63) is 60.1 Å². The van der Waals surface area contributed by atoms with E-state index in [4.69, 9.17) is 16.1 Å². The Morgan fingerprint density at radius 2 is 1.98 bits per heavy atom. The molecule has 0 radical (unpaired) electrons. The summed E-state index contributed by atoms with van der Waals surface area (Å²) in [5.41, 5.74) is -0.733. The topological polar surface area (TPSA) is 86.6 Å². The Morgan fingerprint density at radius 3 is 2.76 bits per heavy atom. The van der Waals surface area contributed by atoms with Crippen molar-refractivity contribution in [3.63, 3.8) is 0 Å². The third-order valence-electron chi connectivity index (χ3n) is 10.4. The van der Waals surface area contributed by atoms with E-state index in [0.29, 0.717) is 42.6 Å². The second-order valence-corrected chi connectivity index (χ2v) is 13.1. The van der Waals surface area contributed by atoms with Gasteiger partial charge in [0.1, 0.15) is 35.2 Å². The first kappa shape index (κ1) is 29.0. The van der Waals surface area contributed by atoms with Gasteiger partial charge >= 0.3 is 6.01 Å². The average Bonchev–Trinajstić information content (AvgIpc) is 3.72. The monoisotopic (exact) mass is 626 g/mol. The molecule has 4 aliphatic heterocycles. The Hall–Kier alpha value is -4.40. The highest BCUT2D eigenvalue weighted by molar-refractivity contribution is 6.03. The van der Waals surface area contributed by atoms with Crippen LogP contribution in [0.25, 0.3) is 32.9 Å². The summed E-state index contributed by atoms with van der Waals surface area (Å²) in [6, 6.07) is 5.61. The summed E-state index contributed by atoms with van der Waals surface area (Å²) < 4.78 is 51.5. The van der Waals surface area contributed by atoms with Crippen molar-refractivity contribution in [2.45, 2.75) is 55.6 Å². The molecule has 0 saturated carbocycles. The number of nitrogens with one attached hydrogen (secondary N) is 1. The first-order valence-corrected chi connectivity index (χ1v) is 15.8. The van der Waals surface area contributed by atoms with E-state index in [-0.39, 0.29) is 51.1 Å². The maximum Gasteiger partial charge on any atom is 0.319 e. The molecule has 2 bridgehead atoms. The molecule has 46 heavy (non-hydrogen) atoms. The Bertz CT molecular complexity index is 1950. The number of benzene rings is 2. The molecular formula is C35H33F3N6O2. The van der Waals surface area contributed by atoms with Gasteiger partial charge in [0.2, 0.25) is 0 Å². The Labute approximate surface area is 264 Å². The summed E-state index contributed by atoms with van der Waals surface area (Å²) in [5.74, 6) is 1.26. The van der Waals surface area contributed by atoms with Crippen LogP contribution in [0.2, 0.25) is 0 Å². The minimum atomic E-state index is -0.775. The Kier molecular flexibility index (Phi) is 6.85. The quantitative estimate of drug-likeness (QED) is 0.267. The highest BCUT2D eigenvalue weighted by atomic mass is 19.1. The van der Waals surface area contributed by atoms with Gasteiger partial charge in [-0.1, -0.05) is 12.0 Å². The van der Waals surface area contributed by atoms with Crippen molar-refractivity contribution >= 4 is 27.5 Å². The summed E-state index contributed by atoms with van der Waals surface area (Å²) in [6.45, 7) is 3.44. The predicted molar refractivity (Wildman–Crippen MR) is 169 cm³/mol. The Balaban J connectivity index is 1.29. The highest BCUT2D eigenvalue weighted by Crippen LogP contribution is 2.42. The number of piperazine rings is 1. The van der Waals surface area contributed by atoms with Crippen molar-refractivity contribution in [1.29, 1.82) is 0 Å². The number of aromatic hydroxyl groups is 1. The van der Waals surface area contributed by atoms with E-state index >= 15 is 4.39 Å². The zero-order chi connectivity index (χ0) is 31.6. The summed E-state index contributed by atoms with van der Waals surface area (Å²) in [6.07, 6.45) is 15.2. The van der Waals surface area contributed by atoms with Gasteiger partial charge in [0.15, 0.2) is 5.82 Å². The maximum atomic E-state index is 16.9. The number of hydrogen-bond acceptors (Lipinski definition) is 8. The smallest absolute Gasteiger partial charge is 0.319 e. The van der Waals surface area contributed by atoms with Gasteiger partial charge in [-0.3, -0.25) is 9.88 Å². The first-order valence-electron chi connectivity index (χ1n) is 15.8. The van der Waals surface area contributed by atoms with E-state index in [1.54, 1.807) is 6.08 Å². The standard InChI is InChI=1S/C35H33F3N6O2/c1-2-24-27(37)6-5-21-15-23(45)16-25(28(21)24)30-29(38)31-26(17-39-30)32(43-18-22-7-10-34(19-43,42-22)11-12-36)41-33(40-31)46-20-35-8-3-13-44(35)14-4-9-35/h1,5-6,11-12,15-17,22,42,45H,3-4,7-10,13-14,18-20H2/b12-11-/t22-,34?/m1/s1. The van der Waals surface area contributed by atoms with Crippen LogP contribution in [-0.4, -0.2) is 74.9 Å². The van der Waals surface area contributed by atoms with Gasteiger partial charge in [-0.15, -0.1) is 6.42 Å². The fraction of sp³-hybridized carbons (Fsp3) is 0.400. The molecule has 8 rings (SSSR count). The number of nitrogens with zero attached hydrogens (tertiary/aromatic N) is 5. The number of hydrogen-bond donors (Lipinski definition) is 2. The number of rotatable bonds is 6. The number of terminal acetylenes is 1. The van der Waals surface area contributed by atoms with Crippen LogP contribution in [0.4, 0.5) is 19.0 Å². The fourth-order valence-electron chi connectivity index (χ4n) is 8.31. The number of phenolic OH excluding ortho intramolecular Hbond substituents is 1. The van der Waals surface area contributed by atoms with Gasteiger partial charge in [-0.25, -0.2) is 13.2 Å². The number of anilines is 1. The molecule has 2 aromatic heterocycles. The number of halogens is 3. The minimum Gasteiger partial charge on any atom is -0.508 e. The number of pyridine rings is 1. The summed E-state index contributed by atoms with van der Waals surface area (Å²) >= 11 is 0. The molecule has 2 atom stereocenters. The lowest BCUT2D eigenvalue weighted by atomic mass is 9.95. The van der Waals surface area contributed by atoms with Gasteiger partial charge in [-0.05, 0) is 81.3 Å². The lowest BCUT2D eigenvalue weighted by molar-refractivity contribution is 0.108. The maximum absolute atomic E-state index is 16.9. The average molecular weight is 627 g/mol. The third kappa shape index (κ3) is 4.57. The molecule has 4 fully saturated rings. The molecule has 6 heterocycles. The number of ether oxygens (including phenoxy) is 1. The van der Waals surface area contributed by atoms with Crippen molar-refractivity contribution in [2.24, 2.45) is 0 Å². The van der Waals surface area contributed by atoms with Crippen molar-refractivity contribution < 1.29 is 23.0 Å². The lowest BCUT2D eigenvalue weighted by Gasteiger charge is -2.40. The molecule has 0 amide bonds. The summed E-state index contributed by atoms with van der Waals surface area (Å²) in [4.78, 5) is 18.4. The minimum absolute atomic E-state index is 0.0201. The largest absolute Gasteiger partial charge is 0.508 e. The lowest BCUT2D eigenvalue weighted by Crippen LogP contribution is -2.59. The van der Waals surface area contributed by atoms with Crippen LogP contribution in [0.5, 0.6) is 11.8 Å². The molecule has 8 nitrogen and oxygen atoms in total. The SMILES string of the molecule is C#Cc1c(F)ccc2cc(O)cc(-c3ncc4c(N5C[C@H]6CCC(/C=C\F)(C5)N6)nc(OCC56CCCN5CCC6)nc4c3F)c12. The van der Waals surface area contributed by atoms with E-state index in [2.05, 4.69) is 26.1 Å². The van der Waals surface area contributed by atoms with Gasteiger partial charge < -0.3 is 20.1 Å². The van der Waals surface area contributed by atoms with Crippen LogP contribution in [-0.2, 0) is 0 Å². The van der Waals surface area contributed by atoms with E-state index in [9.17, 15) is 13.9 Å². The normalized spacial score (nSPS) is 23.9. The van der Waals surface area contributed by atoms with E-state index < -0.39 is 17.2 Å². The second kappa shape index (κ2) is 10.9. The van der Waals surface area contributed by atoms with Crippen molar-refractivity contribution in [2.75, 3.05) is 37.7 Å². The predicted octanol–water partition coefficient (Wildman–Crippen LogP) is 5.61. The van der Waals surface area contributed by atoms with Gasteiger partial charge in [0, 0.05) is 36.3 Å². The van der Waals surface area contributed by atoms with Gasteiger partial charge in [0.05, 0.1) is 28.4 Å². The van der Waals surface area contributed by atoms with Crippen LogP contribution in [0.3, 0.4) is 0 Å². The molecule has 4 aromatic rings. The molecule has 11 heteroatoms.